The van der Waals surface area contributed by atoms with Gasteiger partial charge in [0.1, 0.15) is 0 Å². The standard InChI is InChI=1S/C23H28ClN3O2/c1-15-4-5-17(3)21(12-15)26-23(29)14-27(19-8-9-19)11-10-22(28)25-18-7-6-16(2)20(24)13-18/h4-7,12-13,19H,8-11,14H2,1-3H3,(H,25,28)(H,26,29). The Bertz CT molecular complexity index is 909. The summed E-state index contributed by atoms with van der Waals surface area (Å²) in [7, 11) is 0. The van der Waals surface area contributed by atoms with E-state index in [1.807, 2.05) is 51.1 Å². The number of nitrogens with zero attached hydrogens (tertiary/aromatic N) is 1. The molecule has 0 aromatic heterocycles. The molecular formula is C23H28ClN3O2. The van der Waals surface area contributed by atoms with Crippen LogP contribution in [-0.2, 0) is 9.59 Å². The molecule has 2 amide bonds. The monoisotopic (exact) mass is 413 g/mol. The number of aryl methyl sites for hydroxylation is 3. The van der Waals surface area contributed by atoms with E-state index in [9.17, 15) is 9.59 Å². The van der Waals surface area contributed by atoms with Crippen LogP contribution in [0.5, 0.6) is 0 Å². The fourth-order valence-electron chi connectivity index (χ4n) is 3.21. The Morgan fingerprint density at radius 2 is 1.72 bits per heavy atom. The highest BCUT2D eigenvalue weighted by atomic mass is 35.5. The number of carbonyl (C=O) groups is 2. The van der Waals surface area contributed by atoms with Gasteiger partial charge in [0.2, 0.25) is 11.8 Å². The summed E-state index contributed by atoms with van der Waals surface area (Å²) in [5.41, 5.74) is 4.66. The van der Waals surface area contributed by atoms with Crippen LogP contribution < -0.4 is 10.6 Å². The second-order valence-electron chi connectivity index (χ2n) is 7.83. The maximum absolute atomic E-state index is 12.6. The van der Waals surface area contributed by atoms with Crippen LogP contribution in [-0.4, -0.2) is 35.8 Å². The van der Waals surface area contributed by atoms with Gasteiger partial charge in [0.05, 0.1) is 6.54 Å². The van der Waals surface area contributed by atoms with Crippen molar-refractivity contribution in [1.82, 2.24) is 4.90 Å². The molecule has 5 nitrogen and oxygen atoms in total. The largest absolute Gasteiger partial charge is 0.326 e. The number of amides is 2. The minimum Gasteiger partial charge on any atom is -0.326 e. The summed E-state index contributed by atoms with van der Waals surface area (Å²) in [6.45, 7) is 6.75. The van der Waals surface area contributed by atoms with Gasteiger partial charge in [0.15, 0.2) is 0 Å². The Morgan fingerprint density at radius 3 is 2.41 bits per heavy atom. The fourth-order valence-corrected chi connectivity index (χ4v) is 3.39. The third-order valence-corrected chi connectivity index (χ3v) is 5.57. The lowest BCUT2D eigenvalue weighted by atomic mass is 10.1. The minimum atomic E-state index is -0.0782. The van der Waals surface area contributed by atoms with E-state index in [0.29, 0.717) is 36.3 Å². The van der Waals surface area contributed by atoms with Crippen molar-refractivity contribution < 1.29 is 9.59 Å². The lowest BCUT2D eigenvalue weighted by molar-refractivity contribution is -0.119. The predicted octanol–water partition coefficient (Wildman–Crippen LogP) is 4.70. The van der Waals surface area contributed by atoms with Gasteiger partial charge < -0.3 is 10.6 Å². The molecule has 2 aromatic rings. The number of benzene rings is 2. The second-order valence-corrected chi connectivity index (χ2v) is 8.24. The number of nitrogens with one attached hydrogen (secondary N) is 2. The average Bonchev–Trinajstić information content (AvgIpc) is 3.50. The molecular weight excluding hydrogens is 386 g/mol. The van der Waals surface area contributed by atoms with Gasteiger partial charge in [0, 0.05) is 35.4 Å². The van der Waals surface area contributed by atoms with E-state index in [2.05, 4.69) is 15.5 Å². The third kappa shape index (κ3) is 6.31. The van der Waals surface area contributed by atoms with Crippen molar-refractivity contribution >= 4 is 34.8 Å². The van der Waals surface area contributed by atoms with Crippen molar-refractivity contribution in [2.24, 2.45) is 0 Å². The van der Waals surface area contributed by atoms with Crippen molar-refractivity contribution in [3.63, 3.8) is 0 Å². The van der Waals surface area contributed by atoms with E-state index in [1.54, 1.807) is 6.07 Å². The molecule has 0 spiro atoms. The van der Waals surface area contributed by atoms with Gasteiger partial charge in [-0.1, -0.05) is 29.8 Å². The van der Waals surface area contributed by atoms with E-state index < -0.39 is 0 Å². The molecule has 29 heavy (non-hydrogen) atoms. The molecule has 1 fully saturated rings. The average molecular weight is 414 g/mol. The number of hydrogen-bond donors (Lipinski definition) is 2. The summed E-state index contributed by atoms with van der Waals surface area (Å²) in [6, 6.07) is 11.9. The maximum atomic E-state index is 12.6. The van der Waals surface area contributed by atoms with Crippen molar-refractivity contribution in [3.05, 3.63) is 58.1 Å². The lowest BCUT2D eigenvalue weighted by Crippen LogP contribution is -2.37. The van der Waals surface area contributed by atoms with E-state index >= 15 is 0 Å². The first kappa shape index (κ1) is 21.3. The summed E-state index contributed by atoms with van der Waals surface area (Å²) >= 11 is 6.12. The van der Waals surface area contributed by atoms with Crippen LogP contribution in [0, 0.1) is 20.8 Å². The van der Waals surface area contributed by atoms with E-state index in [0.717, 1.165) is 35.2 Å². The van der Waals surface area contributed by atoms with Gasteiger partial charge in [-0.25, -0.2) is 0 Å². The van der Waals surface area contributed by atoms with Gasteiger partial charge >= 0.3 is 0 Å². The highest BCUT2D eigenvalue weighted by Crippen LogP contribution is 2.27. The zero-order chi connectivity index (χ0) is 21.0. The fraction of sp³-hybridized carbons (Fsp3) is 0.391. The molecule has 0 heterocycles. The molecule has 2 aromatic carbocycles. The van der Waals surface area contributed by atoms with Gasteiger partial charge in [-0.3, -0.25) is 14.5 Å². The predicted molar refractivity (Wildman–Crippen MR) is 119 cm³/mol. The Balaban J connectivity index is 1.52. The minimum absolute atomic E-state index is 0.0451. The van der Waals surface area contributed by atoms with Gasteiger partial charge in [-0.15, -0.1) is 0 Å². The number of carbonyl (C=O) groups excluding carboxylic acids is 2. The van der Waals surface area contributed by atoms with Crippen LogP contribution in [0.25, 0.3) is 0 Å². The molecule has 1 aliphatic rings. The first-order chi connectivity index (χ1) is 13.8. The summed E-state index contributed by atoms with van der Waals surface area (Å²) in [6.07, 6.45) is 2.48. The molecule has 1 aliphatic carbocycles. The topological polar surface area (TPSA) is 61.4 Å². The first-order valence-corrected chi connectivity index (χ1v) is 10.4. The van der Waals surface area contributed by atoms with E-state index in [4.69, 9.17) is 11.6 Å². The normalized spacial score (nSPS) is 13.4. The van der Waals surface area contributed by atoms with Gasteiger partial charge in [-0.2, -0.15) is 0 Å². The van der Waals surface area contributed by atoms with Crippen LogP contribution in [0.1, 0.15) is 36.0 Å². The molecule has 0 saturated heterocycles. The molecule has 6 heteroatoms. The van der Waals surface area contributed by atoms with Crippen LogP contribution in [0.3, 0.4) is 0 Å². The Labute approximate surface area is 177 Å². The molecule has 0 bridgehead atoms. The summed E-state index contributed by atoms with van der Waals surface area (Å²) in [5, 5.41) is 6.52. The molecule has 1 saturated carbocycles. The number of anilines is 2. The summed E-state index contributed by atoms with van der Waals surface area (Å²) in [4.78, 5) is 27.0. The highest BCUT2D eigenvalue weighted by molar-refractivity contribution is 6.31. The maximum Gasteiger partial charge on any atom is 0.238 e. The molecule has 3 rings (SSSR count). The van der Waals surface area contributed by atoms with E-state index in [1.165, 1.54) is 0 Å². The Kier molecular flexibility index (Phi) is 6.93. The van der Waals surface area contributed by atoms with E-state index in [-0.39, 0.29) is 11.8 Å². The molecule has 0 unspecified atom stereocenters. The van der Waals surface area contributed by atoms with Crippen molar-refractivity contribution in [2.75, 3.05) is 23.7 Å². The summed E-state index contributed by atoms with van der Waals surface area (Å²) < 4.78 is 0. The van der Waals surface area contributed by atoms with Crippen LogP contribution in [0.4, 0.5) is 11.4 Å². The molecule has 0 aliphatic heterocycles. The first-order valence-electron chi connectivity index (χ1n) is 9.99. The van der Waals surface area contributed by atoms with Crippen molar-refractivity contribution in [3.8, 4) is 0 Å². The van der Waals surface area contributed by atoms with Gasteiger partial charge in [0.25, 0.3) is 0 Å². The number of hydrogen-bond acceptors (Lipinski definition) is 3. The third-order valence-electron chi connectivity index (χ3n) is 5.16. The second kappa shape index (κ2) is 9.42. The van der Waals surface area contributed by atoms with Crippen molar-refractivity contribution in [1.29, 1.82) is 0 Å². The van der Waals surface area contributed by atoms with Crippen LogP contribution in [0.2, 0.25) is 5.02 Å². The quantitative estimate of drug-likeness (QED) is 0.659. The zero-order valence-corrected chi connectivity index (χ0v) is 18.0. The van der Waals surface area contributed by atoms with Crippen molar-refractivity contribution in [2.45, 2.75) is 46.1 Å². The highest BCUT2D eigenvalue weighted by Gasteiger charge is 2.30. The Hall–Kier alpha value is -2.37. The van der Waals surface area contributed by atoms with Gasteiger partial charge in [-0.05, 0) is 68.5 Å². The number of rotatable bonds is 8. The molecule has 2 N–H and O–H groups in total. The molecule has 0 atom stereocenters. The number of halogens is 1. The van der Waals surface area contributed by atoms with Crippen LogP contribution in [0.15, 0.2) is 36.4 Å². The molecule has 0 radical (unpaired) electrons. The smallest absolute Gasteiger partial charge is 0.238 e. The lowest BCUT2D eigenvalue weighted by Gasteiger charge is -2.21. The summed E-state index contributed by atoms with van der Waals surface area (Å²) in [5.74, 6) is -0.123. The SMILES string of the molecule is Cc1ccc(C)c(NC(=O)CN(CCC(=O)Nc2ccc(C)c(Cl)c2)C2CC2)c1. The van der Waals surface area contributed by atoms with Crippen LogP contribution >= 0.6 is 11.6 Å². The Morgan fingerprint density at radius 1 is 1.00 bits per heavy atom. The zero-order valence-electron chi connectivity index (χ0n) is 17.2. The molecule has 154 valence electrons.